The highest BCUT2D eigenvalue weighted by Crippen LogP contribution is 2.34. The number of nitriles is 1. The third-order valence-electron chi connectivity index (χ3n) is 6.00. The summed E-state index contributed by atoms with van der Waals surface area (Å²) >= 11 is 0. The fourth-order valence-electron chi connectivity index (χ4n) is 4.26. The van der Waals surface area contributed by atoms with Crippen LogP contribution in [0.5, 0.6) is 0 Å². The van der Waals surface area contributed by atoms with Crippen molar-refractivity contribution in [3.05, 3.63) is 0 Å². The standard InChI is InChI=1S/C24H33N3O5/c25-14-8-2-1-5-11-19-22(30)20(12-6-3-9-15-26-17-28)24(32)21(23(19)31)13-7-4-10-16-27-18-29/h19-21H,1-13,15-16H2. The third-order valence-corrected chi connectivity index (χ3v) is 6.00. The molecule has 0 bridgehead atoms. The lowest BCUT2D eigenvalue weighted by molar-refractivity contribution is -0.150. The Labute approximate surface area is 189 Å². The zero-order valence-corrected chi connectivity index (χ0v) is 18.7. The number of ketones is 3. The predicted octanol–water partition coefficient (Wildman–Crippen LogP) is 3.82. The molecule has 0 spiro atoms. The molecular formula is C24H33N3O5. The second-order valence-electron chi connectivity index (χ2n) is 8.27. The average Bonchev–Trinajstić information content (AvgIpc) is 2.78. The third kappa shape index (κ3) is 9.60. The number of rotatable bonds is 17. The quantitative estimate of drug-likeness (QED) is 0.145. The van der Waals surface area contributed by atoms with Crippen LogP contribution in [-0.4, -0.2) is 42.6 Å². The van der Waals surface area contributed by atoms with Crippen molar-refractivity contribution in [2.45, 2.75) is 83.5 Å². The molecule has 0 heterocycles. The van der Waals surface area contributed by atoms with Crippen molar-refractivity contribution in [2.24, 2.45) is 27.7 Å². The summed E-state index contributed by atoms with van der Waals surface area (Å²) in [6.45, 7) is 0.771. The second-order valence-corrected chi connectivity index (χ2v) is 8.27. The number of hydrogen-bond donors (Lipinski definition) is 0. The van der Waals surface area contributed by atoms with E-state index >= 15 is 0 Å². The van der Waals surface area contributed by atoms with E-state index in [1.807, 2.05) is 0 Å². The molecule has 1 fully saturated rings. The number of carbonyl (C=O) groups excluding carboxylic acids is 5. The minimum atomic E-state index is -0.740. The maximum absolute atomic E-state index is 13.0. The van der Waals surface area contributed by atoms with Crippen LogP contribution in [0.1, 0.15) is 83.5 Å². The molecule has 8 nitrogen and oxygen atoms in total. The SMILES string of the molecule is N#CCCCCCC1C(=O)C(CCCCCN=C=O)C(=O)C(CCCCCN=C=O)C1=O. The van der Waals surface area contributed by atoms with E-state index < -0.39 is 17.8 Å². The minimum absolute atomic E-state index is 0.247. The molecule has 1 aliphatic carbocycles. The second kappa shape index (κ2) is 16.9. The highest BCUT2D eigenvalue weighted by Gasteiger charge is 2.47. The fraction of sp³-hybridized carbons (Fsp3) is 0.750. The molecule has 2 atom stereocenters. The van der Waals surface area contributed by atoms with E-state index in [9.17, 15) is 24.0 Å². The Hall–Kier alpha value is -2.74. The van der Waals surface area contributed by atoms with Crippen molar-refractivity contribution in [3.63, 3.8) is 0 Å². The molecule has 0 amide bonds. The topological polar surface area (TPSA) is 134 Å². The normalized spacial score (nSPS) is 20.3. The van der Waals surface area contributed by atoms with Gasteiger partial charge in [0.1, 0.15) is 0 Å². The van der Waals surface area contributed by atoms with E-state index in [2.05, 4.69) is 16.1 Å². The maximum atomic E-state index is 13.0. The summed E-state index contributed by atoms with van der Waals surface area (Å²) in [5.41, 5.74) is 0. The summed E-state index contributed by atoms with van der Waals surface area (Å²) in [6.07, 6.45) is 11.1. The van der Waals surface area contributed by atoms with Crippen molar-refractivity contribution in [2.75, 3.05) is 13.1 Å². The van der Waals surface area contributed by atoms with Crippen LogP contribution >= 0.6 is 0 Å². The molecule has 0 aliphatic heterocycles. The van der Waals surface area contributed by atoms with Gasteiger partial charge in [0.2, 0.25) is 12.2 Å². The highest BCUT2D eigenvalue weighted by molar-refractivity contribution is 6.23. The highest BCUT2D eigenvalue weighted by atomic mass is 16.2. The largest absolute Gasteiger partial charge is 0.298 e. The van der Waals surface area contributed by atoms with E-state index in [1.54, 1.807) is 0 Å². The van der Waals surface area contributed by atoms with Crippen molar-refractivity contribution in [3.8, 4) is 6.07 Å². The van der Waals surface area contributed by atoms with Crippen LogP contribution in [0.3, 0.4) is 0 Å². The van der Waals surface area contributed by atoms with Gasteiger partial charge < -0.3 is 0 Å². The minimum Gasteiger partial charge on any atom is -0.298 e. The van der Waals surface area contributed by atoms with Gasteiger partial charge in [0.25, 0.3) is 0 Å². The first-order chi connectivity index (χ1) is 15.6. The molecule has 1 aliphatic rings. The van der Waals surface area contributed by atoms with Crippen LogP contribution < -0.4 is 0 Å². The van der Waals surface area contributed by atoms with Gasteiger partial charge in [-0.2, -0.15) is 5.26 Å². The first-order valence-electron chi connectivity index (χ1n) is 11.6. The van der Waals surface area contributed by atoms with Crippen molar-refractivity contribution >= 4 is 29.5 Å². The Kier molecular flexibility index (Phi) is 14.4. The molecule has 1 saturated carbocycles. The van der Waals surface area contributed by atoms with Gasteiger partial charge in [-0.05, 0) is 38.5 Å². The Balaban J connectivity index is 2.73. The van der Waals surface area contributed by atoms with Crippen molar-refractivity contribution in [1.82, 2.24) is 0 Å². The molecule has 2 unspecified atom stereocenters. The first kappa shape index (κ1) is 27.3. The Morgan fingerprint density at radius 3 is 1.31 bits per heavy atom. The number of aliphatic imine (C=N–C) groups is 2. The Morgan fingerprint density at radius 1 is 0.594 bits per heavy atom. The summed E-state index contributed by atoms with van der Waals surface area (Å²) in [5.74, 6) is -2.96. The van der Waals surface area contributed by atoms with Gasteiger partial charge in [-0.25, -0.2) is 19.6 Å². The van der Waals surface area contributed by atoms with Gasteiger partial charge in [0, 0.05) is 6.42 Å². The fourth-order valence-corrected chi connectivity index (χ4v) is 4.26. The van der Waals surface area contributed by atoms with Crippen LogP contribution in [0.2, 0.25) is 0 Å². The maximum Gasteiger partial charge on any atom is 0.234 e. The summed E-state index contributed by atoms with van der Waals surface area (Å²) in [7, 11) is 0. The lowest BCUT2D eigenvalue weighted by Crippen LogP contribution is -2.48. The van der Waals surface area contributed by atoms with Crippen LogP contribution in [-0.2, 0) is 24.0 Å². The lowest BCUT2D eigenvalue weighted by atomic mass is 9.68. The summed E-state index contributed by atoms with van der Waals surface area (Å²) < 4.78 is 0. The number of unbranched alkanes of at least 4 members (excludes halogenated alkanes) is 7. The van der Waals surface area contributed by atoms with Gasteiger partial charge >= 0.3 is 0 Å². The molecule has 1 rings (SSSR count). The molecule has 0 aromatic carbocycles. The van der Waals surface area contributed by atoms with Crippen molar-refractivity contribution in [1.29, 1.82) is 5.26 Å². The molecule has 8 heteroatoms. The summed E-state index contributed by atoms with van der Waals surface area (Å²) in [4.78, 5) is 66.3. The molecule has 32 heavy (non-hydrogen) atoms. The van der Waals surface area contributed by atoms with E-state index in [1.165, 1.54) is 12.2 Å². The van der Waals surface area contributed by atoms with Crippen LogP contribution in [0.25, 0.3) is 0 Å². The molecule has 0 saturated heterocycles. The van der Waals surface area contributed by atoms with E-state index in [0.29, 0.717) is 70.9 Å². The first-order valence-corrected chi connectivity index (χ1v) is 11.6. The zero-order chi connectivity index (χ0) is 23.6. The molecule has 0 N–H and O–H groups in total. The number of isocyanates is 2. The van der Waals surface area contributed by atoms with Gasteiger partial charge in [0.15, 0.2) is 17.3 Å². The van der Waals surface area contributed by atoms with Gasteiger partial charge in [-0.15, -0.1) is 0 Å². The number of nitrogens with zero attached hydrogens (tertiary/aromatic N) is 3. The van der Waals surface area contributed by atoms with Gasteiger partial charge in [-0.3, -0.25) is 14.4 Å². The summed E-state index contributed by atoms with van der Waals surface area (Å²) in [5, 5.41) is 8.65. The van der Waals surface area contributed by atoms with Crippen LogP contribution in [0.15, 0.2) is 9.98 Å². The molecule has 0 aromatic rings. The van der Waals surface area contributed by atoms with Gasteiger partial charge in [-0.1, -0.05) is 38.5 Å². The lowest BCUT2D eigenvalue weighted by Gasteiger charge is -2.32. The smallest absolute Gasteiger partial charge is 0.234 e. The van der Waals surface area contributed by atoms with E-state index in [-0.39, 0.29) is 17.3 Å². The van der Waals surface area contributed by atoms with E-state index in [4.69, 9.17) is 5.26 Å². The predicted molar refractivity (Wildman–Crippen MR) is 117 cm³/mol. The Morgan fingerprint density at radius 2 is 0.969 bits per heavy atom. The van der Waals surface area contributed by atoms with E-state index in [0.717, 1.165) is 25.7 Å². The molecular weight excluding hydrogens is 410 g/mol. The number of hydrogen-bond acceptors (Lipinski definition) is 8. The summed E-state index contributed by atoms with van der Waals surface area (Å²) in [6, 6.07) is 2.09. The Bertz CT molecular complexity index is 710. The zero-order valence-electron chi connectivity index (χ0n) is 18.7. The number of carbonyl (C=O) groups is 3. The van der Waals surface area contributed by atoms with Crippen LogP contribution in [0.4, 0.5) is 0 Å². The van der Waals surface area contributed by atoms with Crippen molar-refractivity contribution < 1.29 is 24.0 Å². The molecule has 0 radical (unpaired) electrons. The number of Topliss-reactive ketones (excluding diaryl/α,β-unsaturated/α-hetero) is 3. The average molecular weight is 444 g/mol. The van der Waals surface area contributed by atoms with Gasteiger partial charge in [0.05, 0.1) is 36.9 Å². The molecule has 0 aromatic heterocycles. The van der Waals surface area contributed by atoms with Crippen LogP contribution in [0, 0.1) is 29.1 Å². The monoisotopic (exact) mass is 443 g/mol. The molecule has 174 valence electrons.